The first-order valence-electron chi connectivity index (χ1n) is 6.27. The first kappa shape index (κ1) is 17.5. The highest BCUT2D eigenvalue weighted by atomic mass is 35.7. The zero-order valence-corrected chi connectivity index (χ0v) is 13.8. The minimum Gasteiger partial charge on any atom is -0.286 e. The molecule has 0 amide bonds. The van der Waals surface area contributed by atoms with E-state index in [2.05, 4.69) is 9.97 Å². The fourth-order valence-electron chi connectivity index (χ4n) is 1.80. The van der Waals surface area contributed by atoms with E-state index in [9.17, 15) is 0 Å². The Bertz CT molecular complexity index is 770. The van der Waals surface area contributed by atoms with Gasteiger partial charge in [0.1, 0.15) is 0 Å². The van der Waals surface area contributed by atoms with E-state index >= 15 is 0 Å². The Kier molecular flexibility index (Phi) is 5.42. The number of hydrogen-bond acceptors (Lipinski definition) is 8. The number of halogens is 1. The van der Waals surface area contributed by atoms with Crippen LogP contribution in [0.2, 0.25) is 0 Å². The molecule has 2 heterocycles. The molecule has 0 N–H and O–H groups in total. The van der Waals surface area contributed by atoms with Crippen LogP contribution in [0.1, 0.15) is 0 Å². The van der Waals surface area contributed by atoms with Crippen LogP contribution in [0.4, 0.5) is 5.95 Å². The van der Waals surface area contributed by atoms with Gasteiger partial charge in [0, 0.05) is 25.0 Å². The molecule has 1 aromatic carbocycles. The van der Waals surface area contributed by atoms with E-state index in [4.69, 9.17) is 18.6 Å². The molecule has 23 heavy (non-hydrogen) atoms. The van der Waals surface area contributed by atoms with Crippen LogP contribution < -0.4 is 27.9 Å². The lowest BCUT2D eigenvalue weighted by Crippen LogP contribution is -2.68. The Morgan fingerprint density at radius 1 is 1.04 bits per heavy atom. The third-order valence-corrected chi connectivity index (χ3v) is 3.40. The molecule has 3 aromatic rings. The van der Waals surface area contributed by atoms with Crippen molar-refractivity contribution < 1.29 is 33.3 Å². The number of anilines is 1. The van der Waals surface area contributed by atoms with Gasteiger partial charge in [0.05, 0.1) is 6.20 Å². The van der Waals surface area contributed by atoms with Crippen molar-refractivity contribution in [1.29, 1.82) is 0 Å². The van der Waals surface area contributed by atoms with E-state index in [1.807, 2.05) is 65.3 Å². The Labute approximate surface area is 138 Å². The molecule has 0 saturated carbocycles. The summed E-state index contributed by atoms with van der Waals surface area (Å²) in [5.41, 5.74) is 1.04. The fraction of sp³-hybridized carbons (Fsp3) is 0.154. The third kappa shape index (κ3) is 5.06. The Morgan fingerprint density at radius 2 is 1.65 bits per heavy atom. The quantitative estimate of drug-likeness (QED) is 0.456. The Hall–Kier alpha value is -1.88. The molecule has 0 saturated heterocycles. The van der Waals surface area contributed by atoms with Gasteiger partial charge in [-0.25, -0.2) is 18.6 Å². The molecule has 0 aliphatic carbocycles. The normalized spacial score (nSPS) is 11.0. The van der Waals surface area contributed by atoms with Crippen LogP contribution >= 0.6 is 11.3 Å². The topological polar surface area (TPSA) is 125 Å². The van der Waals surface area contributed by atoms with E-state index in [1.54, 1.807) is 11.3 Å². The standard InChI is InChI=1S/C13H13N4S.ClHO4/c1-16(2)12-14-11(10-6-4-3-5-7-10)15-13-17(12)8-9-18-13;2-1(3,4)5/h3-9H,1-2H3;(H,2,3,4,5)/q+1;/p-1. The number of benzene rings is 1. The predicted molar refractivity (Wildman–Crippen MR) is 72.8 cm³/mol. The number of rotatable bonds is 2. The molecule has 8 nitrogen and oxygen atoms in total. The molecule has 0 fully saturated rings. The van der Waals surface area contributed by atoms with Crippen LogP contribution in [0.25, 0.3) is 16.3 Å². The second-order valence-corrected chi connectivity index (χ2v) is 6.17. The highest BCUT2D eigenvalue weighted by molar-refractivity contribution is 7.14. The van der Waals surface area contributed by atoms with Crippen LogP contribution in [0.3, 0.4) is 0 Å². The van der Waals surface area contributed by atoms with E-state index in [1.165, 1.54) is 0 Å². The van der Waals surface area contributed by atoms with E-state index < -0.39 is 10.2 Å². The number of aromatic nitrogens is 3. The van der Waals surface area contributed by atoms with Crippen LogP contribution in [0.5, 0.6) is 0 Å². The summed E-state index contributed by atoms with van der Waals surface area (Å²) in [5, 5.41) is 2.02. The lowest BCUT2D eigenvalue weighted by atomic mass is 10.2. The Balaban J connectivity index is 0.000000338. The lowest BCUT2D eigenvalue weighted by Gasteiger charge is -2.17. The molecule has 0 atom stereocenters. The summed E-state index contributed by atoms with van der Waals surface area (Å²) >= 11 is 1.61. The van der Waals surface area contributed by atoms with Crippen molar-refractivity contribution in [2.75, 3.05) is 19.0 Å². The van der Waals surface area contributed by atoms with Gasteiger partial charge < -0.3 is 0 Å². The molecular weight excluding hydrogens is 344 g/mol. The second kappa shape index (κ2) is 7.13. The first-order valence-corrected chi connectivity index (χ1v) is 8.38. The summed E-state index contributed by atoms with van der Waals surface area (Å²) in [7, 11) is -0.970. The fourth-order valence-corrected chi connectivity index (χ4v) is 2.50. The van der Waals surface area contributed by atoms with Crippen molar-refractivity contribution in [1.82, 2.24) is 9.97 Å². The van der Waals surface area contributed by atoms with E-state index in [0.717, 1.165) is 22.3 Å². The van der Waals surface area contributed by atoms with Crippen molar-refractivity contribution in [3.63, 3.8) is 0 Å². The maximum atomic E-state index is 8.49. The molecule has 2 aromatic heterocycles. The van der Waals surface area contributed by atoms with Gasteiger partial charge >= 0.3 is 5.95 Å². The number of thiazole rings is 1. The molecule has 3 rings (SSSR count). The minimum atomic E-state index is -4.94. The number of fused-ring (bicyclic) bond motifs is 1. The molecule has 0 radical (unpaired) electrons. The zero-order chi connectivity index (χ0) is 17.0. The average molecular weight is 357 g/mol. The van der Waals surface area contributed by atoms with Gasteiger partial charge in [0.25, 0.3) is 10.8 Å². The Morgan fingerprint density at radius 3 is 2.22 bits per heavy atom. The van der Waals surface area contributed by atoms with Gasteiger partial charge in [-0.3, -0.25) is 4.90 Å². The largest absolute Gasteiger partial charge is 0.357 e. The van der Waals surface area contributed by atoms with Crippen LogP contribution in [-0.4, -0.2) is 24.1 Å². The predicted octanol–water partition coefficient (Wildman–Crippen LogP) is -2.75. The summed E-state index contributed by atoms with van der Waals surface area (Å²) in [6.07, 6.45) is 1.99. The average Bonchev–Trinajstić information content (AvgIpc) is 2.93. The highest BCUT2D eigenvalue weighted by Gasteiger charge is 2.18. The van der Waals surface area contributed by atoms with Crippen molar-refractivity contribution in [3.8, 4) is 11.4 Å². The zero-order valence-electron chi connectivity index (χ0n) is 12.2. The lowest BCUT2D eigenvalue weighted by molar-refractivity contribution is -2.00. The molecule has 0 spiro atoms. The third-order valence-electron chi connectivity index (χ3n) is 2.64. The van der Waals surface area contributed by atoms with Gasteiger partial charge in [0.15, 0.2) is 0 Å². The summed E-state index contributed by atoms with van der Waals surface area (Å²) in [5.74, 6) is 1.65. The number of nitrogens with zero attached hydrogens (tertiary/aromatic N) is 4. The molecular formula is C13H13ClN4O4S. The summed E-state index contributed by atoms with van der Waals surface area (Å²) in [4.78, 5) is 12.2. The van der Waals surface area contributed by atoms with Crippen LogP contribution in [0, 0.1) is 10.2 Å². The molecule has 10 heteroatoms. The summed E-state index contributed by atoms with van der Waals surface area (Å²) in [6, 6.07) is 10.0. The summed E-state index contributed by atoms with van der Waals surface area (Å²) < 4.78 is 36.0. The first-order chi connectivity index (χ1) is 10.8. The molecule has 0 aliphatic rings. The van der Waals surface area contributed by atoms with Crippen molar-refractivity contribution in [2.24, 2.45) is 0 Å². The molecule has 0 unspecified atom stereocenters. The van der Waals surface area contributed by atoms with Crippen molar-refractivity contribution >= 4 is 22.2 Å². The molecule has 0 aliphatic heterocycles. The highest BCUT2D eigenvalue weighted by Crippen LogP contribution is 2.17. The SMILES string of the molecule is CN(C)c1nc(-c2ccccc2)nc2scc[n+]12.[O-][Cl+3]([O-])([O-])[O-]. The number of hydrogen-bond donors (Lipinski definition) is 0. The van der Waals surface area contributed by atoms with Crippen LogP contribution in [-0.2, 0) is 0 Å². The maximum absolute atomic E-state index is 8.49. The molecule has 122 valence electrons. The van der Waals surface area contributed by atoms with E-state index in [0.29, 0.717) is 0 Å². The summed E-state index contributed by atoms with van der Waals surface area (Å²) in [6.45, 7) is 0. The van der Waals surface area contributed by atoms with Crippen molar-refractivity contribution in [2.45, 2.75) is 0 Å². The van der Waals surface area contributed by atoms with Crippen molar-refractivity contribution in [3.05, 3.63) is 41.9 Å². The minimum absolute atomic E-state index is 0.766. The molecule has 0 bridgehead atoms. The second-order valence-electron chi connectivity index (χ2n) is 4.54. The van der Waals surface area contributed by atoms with Gasteiger partial charge in [-0.2, -0.15) is 4.40 Å². The monoisotopic (exact) mass is 356 g/mol. The van der Waals surface area contributed by atoms with Gasteiger partial charge in [-0.05, 0) is 12.1 Å². The van der Waals surface area contributed by atoms with Gasteiger partial charge in [-0.15, -0.1) is 10.2 Å². The maximum Gasteiger partial charge on any atom is 0.357 e. The van der Waals surface area contributed by atoms with Gasteiger partial charge in [-0.1, -0.05) is 39.5 Å². The smallest absolute Gasteiger partial charge is 0.286 e. The van der Waals surface area contributed by atoms with E-state index in [-0.39, 0.29) is 0 Å². The van der Waals surface area contributed by atoms with Crippen LogP contribution in [0.15, 0.2) is 41.9 Å². The van der Waals surface area contributed by atoms with Gasteiger partial charge in [0.2, 0.25) is 0 Å².